The molecule has 0 aliphatic heterocycles. The van der Waals surface area contributed by atoms with E-state index >= 15 is 0 Å². The maximum Gasteiger partial charge on any atom is 0.0700 e. The summed E-state index contributed by atoms with van der Waals surface area (Å²) in [4.78, 5) is 0. The van der Waals surface area contributed by atoms with E-state index in [4.69, 9.17) is 15.2 Å². The Morgan fingerprint density at radius 3 is 2.24 bits per heavy atom. The summed E-state index contributed by atoms with van der Waals surface area (Å²) in [5.41, 5.74) is 5.96. The standard InChI is InChI=1S/C14H31NO2/c1-13(2)11-17-10-9-16-8-6-5-7-14(3,4)12-15/h13H,5-12,15H2,1-4H3. The van der Waals surface area contributed by atoms with E-state index in [-0.39, 0.29) is 5.41 Å². The molecule has 17 heavy (non-hydrogen) atoms. The molecule has 0 aliphatic rings. The third-order valence-corrected chi connectivity index (χ3v) is 2.77. The van der Waals surface area contributed by atoms with Gasteiger partial charge in [0.25, 0.3) is 0 Å². The fourth-order valence-corrected chi connectivity index (χ4v) is 1.45. The van der Waals surface area contributed by atoms with Crippen molar-refractivity contribution in [2.45, 2.75) is 47.0 Å². The average Bonchev–Trinajstić information content (AvgIpc) is 2.26. The van der Waals surface area contributed by atoms with Crippen LogP contribution in [0, 0.1) is 11.3 Å². The quantitative estimate of drug-likeness (QED) is 0.569. The van der Waals surface area contributed by atoms with Gasteiger partial charge in [0, 0.05) is 13.2 Å². The third kappa shape index (κ3) is 12.1. The van der Waals surface area contributed by atoms with E-state index in [1.54, 1.807) is 0 Å². The Morgan fingerprint density at radius 2 is 1.65 bits per heavy atom. The molecule has 0 fully saturated rings. The maximum absolute atomic E-state index is 5.68. The molecule has 0 rings (SSSR count). The first kappa shape index (κ1) is 16.9. The van der Waals surface area contributed by atoms with Crippen LogP contribution in [0.4, 0.5) is 0 Å². The second kappa shape index (κ2) is 9.86. The minimum absolute atomic E-state index is 0.278. The average molecular weight is 245 g/mol. The molecule has 0 saturated heterocycles. The fraction of sp³-hybridized carbons (Fsp3) is 1.00. The molecule has 0 aromatic rings. The Kier molecular flexibility index (Phi) is 9.79. The molecule has 0 aliphatic carbocycles. The molecule has 0 spiro atoms. The zero-order valence-corrected chi connectivity index (χ0v) is 12.1. The van der Waals surface area contributed by atoms with Crippen molar-refractivity contribution in [2.75, 3.05) is 33.0 Å². The Morgan fingerprint density at radius 1 is 1.00 bits per heavy atom. The molecule has 0 aromatic heterocycles. The van der Waals surface area contributed by atoms with Crippen molar-refractivity contribution < 1.29 is 9.47 Å². The molecule has 3 nitrogen and oxygen atoms in total. The Labute approximate surface area is 107 Å². The predicted molar refractivity (Wildman–Crippen MR) is 73.2 cm³/mol. The van der Waals surface area contributed by atoms with E-state index < -0.39 is 0 Å². The largest absolute Gasteiger partial charge is 0.379 e. The van der Waals surface area contributed by atoms with Crippen LogP contribution in [-0.2, 0) is 9.47 Å². The van der Waals surface area contributed by atoms with Crippen molar-refractivity contribution in [3.05, 3.63) is 0 Å². The van der Waals surface area contributed by atoms with Crippen LogP contribution in [0.15, 0.2) is 0 Å². The maximum atomic E-state index is 5.68. The predicted octanol–water partition coefficient (Wildman–Crippen LogP) is 2.83. The smallest absolute Gasteiger partial charge is 0.0700 e. The highest BCUT2D eigenvalue weighted by Gasteiger charge is 2.14. The summed E-state index contributed by atoms with van der Waals surface area (Å²) in [6, 6.07) is 0. The van der Waals surface area contributed by atoms with Gasteiger partial charge in [-0.25, -0.2) is 0 Å². The minimum atomic E-state index is 0.278. The summed E-state index contributed by atoms with van der Waals surface area (Å²) in [7, 11) is 0. The normalized spacial score (nSPS) is 12.4. The van der Waals surface area contributed by atoms with Gasteiger partial charge in [-0.2, -0.15) is 0 Å². The summed E-state index contributed by atoms with van der Waals surface area (Å²) in [6.07, 6.45) is 3.49. The molecule has 104 valence electrons. The van der Waals surface area contributed by atoms with Crippen LogP contribution in [0.5, 0.6) is 0 Å². The highest BCUT2D eigenvalue weighted by atomic mass is 16.5. The molecule has 0 bridgehead atoms. The lowest BCUT2D eigenvalue weighted by Gasteiger charge is -2.21. The lowest BCUT2D eigenvalue weighted by Crippen LogP contribution is -2.23. The van der Waals surface area contributed by atoms with E-state index in [2.05, 4.69) is 27.7 Å². The first-order chi connectivity index (χ1) is 7.98. The van der Waals surface area contributed by atoms with Crippen molar-refractivity contribution in [3.63, 3.8) is 0 Å². The lowest BCUT2D eigenvalue weighted by atomic mass is 9.87. The van der Waals surface area contributed by atoms with Gasteiger partial charge in [-0.1, -0.05) is 34.1 Å². The van der Waals surface area contributed by atoms with E-state index in [9.17, 15) is 0 Å². The van der Waals surface area contributed by atoms with Gasteiger partial charge in [-0.05, 0) is 30.7 Å². The minimum Gasteiger partial charge on any atom is -0.379 e. The topological polar surface area (TPSA) is 44.5 Å². The molecular formula is C14H31NO2. The Balaban J connectivity index is 3.14. The fourth-order valence-electron chi connectivity index (χ4n) is 1.45. The molecule has 2 N–H and O–H groups in total. The van der Waals surface area contributed by atoms with E-state index in [0.717, 1.165) is 26.2 Å². The van der Waals surface area contributed by atoms with Gasteiger partial charge in [0.15, 0.2) is 0 Å². The summed E-state index contributed by atoms with van der Waals surface area (Å²) < 4.78 is 10.9. The van der Waals surface area contributed by atoms with Gasteiger partial charge in [-0.3, -0.25) is 0 Å². The van der Waals surface area contributed by atoms with Gasteiger partial charge in [0.05, 0.1) is 13.2 Å². The van der Waals surface area contributed by atoms with Crippen LogP contribution < -0.4 is 5.73 Å². The van der Waals surface area contributed by atoms with E-state index in [0.29, 0.717) is 19.1 Å². The van der Waals surface area contributed by atoms with E-state index in [1.165, 1.54) is 12.8 Å². The molecule has 0 heterocycles. The summed E-state index contributed by atoms with van der Waals surface area (Å²) in [5, 5.41) is 0. The number of nitrogens with two attached hydrogens (primary N) is 1. The van der Waals surface area contributed by atoms with Crippen LogP contribution in [0.3, 0.4) is 0 Å². The van der Waals surface area contributed by atoms with Crippen LogP contribution in [-0.4, -0.2) is 33.0 Å². The number of rotatable bonds is 11. The highest BCUT2D eigenvalue weighted by molar-refractivity contribution is 4.68. The van der Waals surface area contributed by atoms with Gasteiger partial charge >= 0.3 is 0 Å². The molecule has 3 heteroatoms. The summed E-state index contributed by atoms with van der Waals surface area (Å²) in [6.45, 7) is 12.6. The van der Waals surface area contributed by atoms with Gasteiger partial charge in [-0.15, -0.1) is 0 Å². The molecule has 0 saturated carbocycles. The first-order valence-corrected chi connectivity index (χ1v) is 6.83. The number of ether oxygens (including phenoxy) is 2. The van der Waals surface area contributed by atoms with Gasteiger partial charge in [0.1, 0.15) is 0 Å². The van der Waals surface area contributed by atoms with Crippen molar-refractivity contribution in [3.8, 4) is 0 Å². The van der Waals surface area contributed by atoms with Crippen LogP contribution in [0.25, 0.3) is 0 Å². The van der Waals surface area contributed by atoms with Crippen LogP contribution >= 0.6 is 0 Å². The lowest BCUT2D eigenvalue weighted by molar-refractivity contribution is 0.0361. The van der Waals surface area contributed by atoms with Crippen molar-refractivity contribution in [1.82, 2.24) is 0 Å². The number of hydrogen-bond acceptors (Lipinski definition) is 3. The van der Waals surface area contributed by atoms with Crippen LogP contribution in [0.1, 0.15) is 47.0 Å². The molecule has 0 amide bonds. The van der Waals surface area contributed by atoms with E-state index in [1.807, 2.05) is 0 Å². The molecular weight excluding hydrogens is 214 g/mol. The van der Waals surface area contributed by atoms with Gasteiger partial charge < -0.3 is 15.2 Å². The summed E-state index contributed by atoms with van der Waals surface area (Å²) >= 11 is 0. The van der Waals surface area contributed by atoms with Crippen molar-refractivity contribution >= 4 is 0 Å². The molecule has 0 aromatic carbocycles. The Bertz CT molecular complexity index is 170. The van der Waals surface area contributed by atoms with Crippen molar-refractivity contribution in [2.24, 2.45) is 17.1 Å². The monoisotopic (exact) mass is 245 g/mol. The second-order valence-corrected chi connectivity index (χ2v) is 5.91. The number of unbranched alkanes of at least 4 members (excludes halogenated alkanes) is 1. The third-order valence-electron chi connectivity index (χ3n) is 2.77. The highest BCUT2D eigenvalue weighted by Crippen LogP contribution is 2.20. The molecule has 0 atom stereocenters. The molecule has 0 unspecified atom stereocenters. The molecule has 0 radical (unpaired) electrons. The van der Waals surface area contributed by atoms with Crippen molar-refractivity contribution in [1.29, 1.82) is 0 Å². The van der Waals surface area contributed by atoms with Gasteiger partial charge in [0.2, 0.25) is 0 Å². The SMILES string of the molecule is CC(C)COCCOCCCCC(C)(C)CN. The number of hydrogen-bond donors (Lipinski definition) is 1. The summed E-state index contributed by atoms with van der Waals surface area (Å²) in [5.74, 6) is 0.605. The first-order valence-electron chi connectivity index (χ1n) is 6.83. The zero-order chi connectivity index (χ0) is 13.1. The second-order valence-electron chi connectivity index (χ2n) is 5.91. The Hall–Kier alpha value is -0.120. The van der Waals surface area contributed by atoms with Crippen LogP contribution in [0.2, 0.25) is 0 Å². The zero-order valence-electron chi connectivity index (χ0n) is 12.1.